The lowest BCUT2D eigenvalue weighted by Crippen LogP contribution is -2.26. The lowest BCUT2D eigenvalue weighted by Gasteiger charge is -2.32. The van der Waals surface area contributed by atoms with Crippen molar-refractivity contribution in [2.75, 3.05) is 0 Å². The maximum atomic E-state index is 10.6. The van der Waals surface area contributed by atoms with Crippen molar-refractivity contribution in [2.45, 2.75) is 81.4 Å². The molecule has 1 aromatic rings. The number of aromatic hydroxyl groups is 1. The highest BCUT2D eigenvalue weighted by molar-refractivity contribution is 8.00. The molecule has 1 aliphatic heterocycles. The molecule has 0 amide bonds. The first-order valence-electron chi connectivity index (χ1n) is 8.60. The number of benzene rings is 1. The highest BCUT2D eigenvalue weighted by Gasteiger charge is 2.34. The van der Waals surface area contributed by atoms with E-state index in [9.17, 15) is 5.11 Å². The second-order valence-corrected chi connectivity index (χ2v) is 9.04. The third kappa shape index (κ3) is 3.68. The third-order valence-electron chi connectivity index (χ3n) is 4.36. The molecular weight excluding hydrogens is 290 g/mol. The first-order chi connectivity index (χ1) is 10.5. The van der Waals surface area contributed by atoms with E-state index in [1.165, 1.54) is 42.6 Å². The Morgan fingerprint density at radius 3 is 2.73 bits per heavy atom. The molecule has 0 unspecified atom stereocenters. The molecule has 1 N–H and O–H groups in total. The maximum Gasteiger partial charge on any atom is 0.126 e. The van der Waals surface area contributed by atoms with E-state index in [2.05, 4.69) is 26.8 Å². The number of nitrogens with zero attached hydrogens (tertiary/aromatic N) is 1. The Morgan fingerprint density at radius 1 is 1.27 bits per heavy atom. The van der Waals surface area contributed by atoms with Gasteiger partial charge >= 0.3 is 0 Å². The number of aliphatic imine (C=N–C) groups is 1. The van der Waals surface area contributed by atoms with Gasteiger partial charge in [-0.1, -0.05) is 19.8 Å². The van der Waals surface area contributed by atoms with Gasteiger partial charge in [-0.3, -0.25) is 4.99 Å². The zero-order chi connectivity index (χ0) is 15.7. The molecule has 0 aromatic heterocycles. The second-order valence-electron chi connectivity index (χ2n) is 7.29. The van der Waals surface area contributed by atoms with Gasteiger partial charge < -0.3 is 5.11 Å². The molecule has 3 rings (SSSR count). The number of rotatable bonds is 5. The normalized spacial score (nSPS) is 21.9. The number of aryl methyl sites for hydroxylation is 1. The zero-order valence-electron chi connectivity index (χ0n) is 14.0. The Hall–Kier alpha value is -0.960. The van der Waals surface area contributed by atoms with Crippen molar-refractivity contribution in [3.8, 4) is 5.75 Å². The van der Waals surface area contributed by atoms with Crippen LogP contribution in [0.3, 0.4) is 0 Å². The van der Waals surface area contributed by atoms with Crippen molar-refractivity contribution in [1.29, 1.82) is 0 Å². The summed E-state index contributed by atoms with van der Waals surface area (Å²) in [6.07, 6.45) is 8.12. The molecular formula is C19H27NOS. The molecule has 1 heterocycles. The third-order valence-corrected chi connectivity index (χ3v) is 5.60. The number of thioether (sulfide) groups is 1. The Balaban J connectivity index is 1.93. The summed E-state index contributed by atoms with van der Waals surface area (Å²) in [5, 5.41) is 10.6. The Kier molecular flexibility index (Phi) is 4.54. The Labute approximate surface area is 138 Å². The van der Waals surface area contributed by atoms with Crippen LogP contribution in [0, 0.1) is 0 Å². The molecule has 1 fully saturated rings. The summed E-state index contributed by atoms with van der Waals surface area (Å²) in [5.74, 6) is 0.436. The smallest absolute Gasteiger partial charge is 0.126 e. The number of phenolic OH excluding ortho intramolecular Hbond substituents is 1. The quantitative estimate of drug-likeness (QED) is 0.742. The summed E-state index contributed by atoms with van der Waals surface area (Å²) >= 11 is 1.89. The molecule has 1 saturated carbocycles. The van der Waals surface area contributed by atoms with Crippen LogP contribution in [0.1, 0.15) is 70.4 Å². The monoisotopic (exact) mass is 317 g/mol. The van der Waals surface area contributed by atoms with Crippen LogP contribution in [0.5, 0.6) is 5.75 Å². The minimum Gasteiger partial charge on any atom is -0.507 e. The molecule has 0 spiro atoms. The number of hydrogen-bond acceptors (Lipinski definition) is 3. The van der Waals surface area contributed by atoms with E-state index < -0.39 is 0 Å². The van der Waals surface area contributed by atoms with Gasteiger partial charge in [0, 0.05) is 21.8 Å². The summed E-state index contributed by atoms with van der Waals surface area (Å²) in [7, 11) is 0. The molecule has 2 aliphatic rings. The van der Waals surface area contributed by atoms with E-state index >= 15 is 0 Å². The topological polar surface area (TPSA) is 32.6 Å². The predicted molar refractivity (Wildman–Crippen MR) is 95.4 cm³/mol. The van der Waals surface area contributed by atoms with Gasteiger partial charge in [0.05, 0.1) is 11.6 Å². The molecule has 22 heavy (non-hydrogen) atoms. The van der Waals surface area contributed by atoms with Crippen molar-refractivity contribution in [3.05, 3.63) is 23.3 Å². The van der Waals surface area contributed by atoms with Gasteiger partial charge in [-0.25, -0.2) is 0 Å². The summed E-state index contributed by atoms with van der Waals surface area (Å²) in [6, 6.07) is 4.76. The summed E-state index contributed by atoms with van der Waals surface area (Å²) in [6.45, 7) is 6.79. The van der Waals surface area contributed by atoms with Crippen molar-refractivity contribution in [2.24, 2.45) is 4.99 Å². The Morgan fingerprint density at radius 2 is 2.05 bits per heavy atom. The van der Waals surface area contributed by atoms with E-state index in [0.717, 1.165) is 24.1 Å². The van der Waals surface area contributed by atoms with Crippen LogP contribution in [0.2, 0.25) is 0 Å². The highest BCUT2D eigenvalue weighted by atomic mass is 32.2. The number of unbranched alkanes of at least 4 members (excludes halogenated alkanes) is 2. The average molecular weight is 317 g/mol. The van der Waals surface area contributed by atoms with Gasteiger partial charge in [0.25, 0.3) is 0 Å². The average Bonchev–Trinajstić information content (AvgIpc) is 3.20. The molecule has 0 bridgehead atoms. The van der Waals surface area contributed by atoms with Crippen LogP contribution in [0.4, 0.5) is 0 Å². The van der Waals surface area contributed by atoms with Crippen LogP contribution in [-0.4, -0.2) is 21.6 Å². The number of hydrogen-bond donors (Lipinski definition) is 1. The highest BCUT2D eigenvalue weighted by Crippen LogP contribution is 2.47. The standard InChI is InChI=1S/C19H27NOS/c1-4-5-6-7-13-10-16(21)18-15(20-14-8-9-14)12-19(2,3)22-17(18)11-13/h10-11,14,21H,4-9,12H2,1-3H3. The zero-order valence-corrected chi connectivity index (χ0v) is 14.8. The summed E-state index contributed by atoms with van der Waals surface area (Å²) in [4.78, 5) is 6.12. The number of phenols is 1. The fraction of sp³-hybridized carbons (Fsp3) is 0.632. The van der Waals surface area contributed by atoms with Crippen molar-refractivity contribution in [3.63, 3.8) is 0 Å². The predicted octanol–water partition coefficient (Wildman–Crippen LogP) is 5.35. The van der Waals surface area contributed by atoms with Crippen LogP contribution < -0.4 is 0 Å². The number of fused-ring (bicyclic) bond motifs is 1. The SMILES string of the molecule is CCCCCc1cc(O)c2c(c1)SC(C)(C)CC2=NC1CC1. The molecule has 1 aliphatic carbocycles. The molecule has 0 atom stereocenters. The fourth-order valence-corrected chi connectivity index (χ4v) is 4.45. The van der Waals surface area contributed by atoms with Crippen LogP contribution >= 0.6 is 11.8 Å². The van der Waals surface area contributed by atoms with Crippen LogP contribution in [0.25, 0.3) is 0 Å². The van der Waals surface area contributed by atoms with Gasteiger partial charge in [0.15, 0.2) is 0 Å². The van der Waals surface area contributed by atoms with Gasteiger partial charge in [0.2, 0.25) is 0 Å². The van der Waals surface area contributed by atoms with E-state index in [1.807, 2.05) is 17.8 Å². The largest absolute Gasteiger partial charge is 0.507 e. The Bertz CT molecular complexity index is 587. The second kappa shape index (κ2) is 6.27. The van der Waals surface area contributed by atoms with E-state index in [-0.39, 0.29) is 4.75 Å². The van der Waals surface area contributed by atoms with Crippen LogP contribution in [0.15, 0.2) is 22.0 Å². The van der Waals surface area contributed by atoms with Gasteiger partial charge in [-0.05, 0) is 57.2 Å². The minimum absolute atomic E-state index is 0.162. The molecule has 0 radical (unpaired) electrons. The molecule has 0 saturated heterocycles. The van der Waals surface area contributed by atoms with E-state index in [4.69, 9.17) is 4.99 Å². The molecule has 2 nitrogen and oxygen atoms in total. The first kappa shape index (κ1) is 15.9. The first-order valence-corrected chi connectivity index (χ1v) is 9.42. The molecule has 120 valence electrons. The maximum absolute atomic E-state index is 10.6. The van der Waals surface area contributed by atoms with Gasteiger partial charge in [-0.2, -0.15) is 0 Å². The van der Waals surface area contributed by atoms with Crippen molar-refractivity contribution >= 4 is 17.5 Å². The molecule has 3 heteroatoms. The molecule has 1 aromatic carbocycles. The fourth-order valence-electron chi connectivity index (χ4n) is 3.11. The van der Waals surface area contributed by atoms with Gasteiger partial charge in [0.1, 0.15) is 5.75 Å². The van der Waals surface area contributed by atoms with Crippen molar-refractivity contribution in [1.82, 2.24) is 0 Å². The van der Waals surface area contributed by atoms with Gasteiger partial charge in [-0.15, -0.1) is 11.8 Å². The minimum atomic E-state index is 0.162. The lowest BCUT2D eigenvalue weighted by atomic mass is 9.95. The van der Waals surface area contributed by atoms with Crippen LogP contribution in [-0.2, 0) is 6.42 Å². The van der Waals surface area contributed by atoms with E-state index in [1.54, 1.807) is 0 Å². The summed E-state index contributed by atoms with van der Waals surface area (Å²) in [5.41, 5.74) is 3.40. The summed E-state index contributed by atoms with van der Waals surface area (Å²) < 4.78 is 0.162. The van der Waals surface area contributed by atoms with E-state index in [0.29, 0.717) is 11.8 Å². The van der Waals surface area contributed by atoms with Crippen molar-refractivity contribution < 1.29 is 5.11 Å². The lowest BCUT2D eigenvalue weighted by molar-refractivity contribution is 0.470.